The number of halogens is 1. The maximum atomic E-state index is 12.4. The van der Waals surface area contributed by atoms with E-state index in [1.54, 1.807) is 28.5 Å². The highest BCUT2D eigenvalue weighted by Gasteiger charge is 2.18. The van der Waals surface area contributed by atoms with Gasteiger partial charge in [0.15, 0.2) is 0 Å². The van der Waals surface area contributed by atoms with Crippen LogP contribution in [0.25, 0.3) is 0 Å². The zero-order valence-corrected chi connectivity index (χ0v) is 12.5. The molecule has 100 valence electrons. The topological polar surface area (TPSA) is 33.2 Å². The highest BCUT2D eigenvalue weighted by atomic mass is 35.5. The molecule has 0 spiro atoms. The fourth-order valence-electron chi connectivity index (χ4n) is 1.77. The lowest BCUT2D eigenvalue weighted by atomic mass is 10.2. The molecule has 0 aliphatic heterocycles. The maximum Gasteiger partial charge on any atom is 0.257 e. The number of carbonyl (C=O) groups excluding carboxylic acids is 1. The molecule has 19 heavy (non-hydrogen) atoms. The molecule has 0 aliphatic carbocycles. The summed E-state index contributed by atoms with van der Waals surface area (Å²) in [4.78, 5) is 19.5. The molecule has 5 heteroatoms. The van der Waals surface area contributed by atoms with Crippen molar-refractivity contribution in [2.45, 2.75) is 20.4 Å². The number of amides is 1. The molecule has 0 bridgehead atoms. The van der Waals surface area contributed by atoms with Crippen molar-refractivity contribution >= 4 is 28.8 Å². The molecule has 0 aromatic carbocycles. The van der Waals surface area contributed by atoms with Crippen molar-refractivity contribution in [3.05, 3.63) is 50.9 Å². The Bertz CT molecular complexity index is 569. The van der Waals surface area contributed by atoms with Crippen LogP contribution in [0.2, 0.25) is 5.02 Å². The van der Waals surface area contributed by atoms with Crippen LogP contribution in [0.5, 0.6) is 0 Å². The summed E-state index contributed by atoms with van der Waals surface area (Å²) in [6.07, 6.45) is 1.55. The lowest BCUT2D eigenvalue weighted by molar-refractivity contribution is 0.0754. The second-order valence-electron chi connectivity index (χ2n) is 4.20. The Morgan fingerprint density at radius 3 is 2.89 bits per heavy atom. The van der Waals surface area contributed by atoms with Gasteiger partial charge >= 0.3 is 0 Å². The lowest BCUT2D eigenvalue weighted by Gasteiger charge is -2.20. The van der Waals surface area contributed by atoms with Gasteiger partial charge in [0, 0.05) is 23.3 Å². The average Bonchev–Trinajstić information content (AvgIpc) is 2.88. The molecular formula is C14H15ClN2OS. The molecule has 0 saturated carbocycles. The summed E-state index contributed by atoms with van der Waals surface area (Å²) < 4.78 is 0. The standard InChI is InChI=1S/C14H15ClN2OS/c1-3-17(9-11-5-4-6-19-11)14(18)12-8-16-10(2)7-13(12)15/h4-8H,3,9H2,1-2H3. The summed E-state index contributed by atoms with van der Waals surface area (Å²) in [5.41, 5.74) is 1.27. The molecule has 0 fully saturated rings. The first-order chi connectivity index (χ1) is 9.11. The molecular weight excluding hydrogens is 280 g/mol. The predicted octanol–water partition coefficient (Wildman–Crippen LogP) is 3.77. The minimum Gasteiger partial charge on any atom is -0.334 e. The van der Waals surface area contributed by atoms with Crippen LogP contribution >= 0.6 is 22.9 Å². The van der Waals surface area contributed by atoms with E-state index in [2.05, 4.69) is 4.98 Å². The SMILES string of the molecule is CCN(Cc1cccs1)C(=O)c1cnc(C)cc1Cl. The van der Waals surface area contributed by atoms with Crippen molar-refractivity contribution in [3.8, 4) is 0 Å². The van der Waals surface area contributed by atoms with Crippen LogP contribution in [0.15, 0.2) is 29.8 Å². The van der Waals surface area contributed by atoms with E-state index >= 15 is 0 Å². The molecule has 2 aromatic heterocycles. The summed E-state index contributed by atoms with van der Waals surface area (Å²) >= 11 is 7.77. The average molecular weight is 295 g/mol. The number of pyridine rings is 1. The Hall–Kier alpha value is -1.39. The second-order valence-corrected chi connectivity index (χ2v) is 5.64. The van der Waals surface area contributed by atoms with Crippen LogP contribution in [0.4, 0.5) is 0 Å². The van der Waals surface area contributed by atoms with Crippen molar-refractivity contribution in [1.82, 2.24) is 9.88 Å². The van der Waals surface area contributed by atoms with E-state index in [1.165, 1.54) is 0 Å². The largest absolute Gasteiger partial charge is 0.334 e. The fourth-order valence-corrected chi connectivity index (χ4v) is 2.78. The number of hydrogen-bond acceptors (Lipinski definition) is 3. The van der Waals surface area contributed by atoms with Crippen LogP contribution in [0.1, 0.15) is 27.9 Å². The number of aromatic nitrogens is 1. The van der Waals surface area contributed by atoms with Gasteiger partial charge in [0.1, 0.15) is 0 Å². The molecule has 0 radical (unpaired) electrons. The number of thiophene rings is 1. The first-order valence-corrected chi connectivity index (χ1v) is 7.31. The van der Waals surface area contributed by atoms with Crippen molar-refractivity contribution in [3.63, 3.8) is 0 Å². The molecule has 0 saturated heterocycles. The molecule has 0 unspecified atom stereocenters. The van der Waals surface area contributed by atoms with Gasteiger partial charge in [-0.1, -0.05) is 17.7 Å². The van der Waals surface area contributed by atoms with Crippen LogP contribution in [0, 0.1) is 6.92 Å². The Morgan fingerprint density at radius 1 is 1.53 bits per heavy atom. The summed E-state index contributed by atoms with van der Waals surface area (Å²) in [7, 11) is 0. The summed E-state index contributed by atoms with van der Waals surface area (Å²) in [6, 6.07) is 5.72. The van der Waals surface area contributed by atoms with Gasteiger partial charge in [-0.2, -0.15) is 0 Å². The Kier molecular flexibility index (Phi) is 4.56. The fraction of sp³-hybridized carbons (Fsp3) is 0.286. The van der Waals surface area contributed by atoms with E-state index in [0.717, 1.165) is 10.6 Å². The highest BCUT2D eigenvalue weighted by molar-refractivity contribution is 7.09. The number of hydrogen-bond donors (Lipinski definition) is 0. The quantitative estimate of drug-likeness (QED) is 0.860. The van der Waals surface area contributed by atoms with Crippen molar-refractivity contribution in [1.29, 1.82) is 0 Å². The van der Waals surface area contributed by atoms with Crippen molar-refractivity contribution in [2.24, 2.45) is 0 Å². The van der Waals surface area contributed by atoms with Crippen molar-refractivity contribution < 1.29 is 4.79 Å². The monoisotopic (exact) mass is 294 g/mol. The third-order valence-corrected chi connectivity index (χ3v) is 3.99. The molecule has 2 heterocycles. The molecule has 0 atom stereocenters. The third-order valence-electron chi connectivity index (χ3n) is 2.82. The number of aryl methyl sites for hydroxylation is 1. The lowest BCUT2D eigenvalue weighted by Crippen LogP contribution is -2.30. The van der Waals surface area contributed by atoms with Gasteiger partial charge in [0.05, 0.1) is 17.1 Å². The van der Waals surface area contributed by atoms with Gasteiger partial charge in [-0.25, -0.2) is 0 Å². The predicted molar refractivity (Wildman–Crippen MR) is 78.7 cm³/mol. The second kappa shape index (κ2) is 6.17. The Labute approximate surface area is 121 Å². The van der Waals surface area contributed by atoms with Crippen LogP contribution in [-0.4, -0.2) is 22.3 Å². The Morgan fingerprint density at radius 2 is 2.32 bits per heavy atom. The smallest absolute Gasteiger partial charge is 0.257 e. The molecule has 1 amide bonds. The van der Waals surface area contributed by atoms with Crippen LogP contribution in [-0.2, 0) is 6.54 Å². The first kappa shape index (κ1) is 14.0. The number of carbonyl (C=O) groups is 1. The maximum absolute atomic E-state index is 12.4. The van der Waals surface area contributed by atoms with Crippen molar-refractivity contribution in [2.75, 3.05) is 6.54 Å². The van der Waals surface area contributed by atoms with Crippen LogP contribution < -0.4 is 0 Å². The zero-order valence-electron chi connectivity index (χ0n) is 10.9. The molecule has 2 rings (SSSR count). The zero-order chi connectivity index (χ0) is 13.8. The first-order valence-electron chi connectivity index (χ1n) is 6.05. The highest BCUT2D eigenvalue weighted by Crippen LogP contribution is 2.20. The normalized spacial score (nSPS) is 10.5. The summed E-state index contributed by atoms with van der Waals surface area (Å²) in [5, 5.41) is 2.47. The number of rotatable bonds is 4. The Balaban J connectivity index is 2.20. The van der Waals surface area contributed by atoms with E-state index in [-0.39, 0.29) is 5.91 Å². The summed E-state index contributed by atoms with van der Waals surface area (Å²) in [5.74, 6) is -0.0756. The van der Waals surface area contributed by atoms with E-state index in [1.807, 2.05) is 31.4 Å². The van der Waals surface area contributed by atoms with E-state index < -0.39 is 0 Å². The third kappa shape index (κ3) is 3.33. The van der Waals surface area contributed by atoms with Gasteiger partial charge in [0.25, 0.3) is 5.91 Å². The minimum atomic E-state index is -0.0756. The van der Waals surface area contributed by atoms with E-state index in [0.29, 0.717) is 23.7 Å². The molecule has 0 aliphatic rings. The summed E-state index contributed by atoms with van der Waals surface area (Å²) in [6.45, 7) is 5.06. The number of nitrogens with zero attached hydrogens (tertiary/aromatic N) is 2. The van der Waals surface area contributed by atoms with E-state index in [9.17, 15) is 4.79 Å². The van der Waals surface area contributed by atoms with Gasteiger partial charge < -0.3 is 4.90 Å². The van der Waals surface area contributed by atoms with Gasteiger partial charge in [-0.3, -0.25) is 9.78 Å². The van der Waals surface area contributed by atoms with Gasteiger partial charge in [-0.05, 0) is 31.4 Å². The minimum absolute atomic E-state index is 0.0756. The van der Waals surface area contributed by atoms with Gasteiger partial charge in [0.2, 0.25) is 0 Å². The molecule has 2 aromatic rings. The van der Waals surface area contributed by atoms with E-state index in [4.69, 9.17) is 11.6 Å². The molecule has 3 nitrogen and oxygen atoms in total. The van der Waals surface area contributed by atoms with Gasteiger partial charge in [-0.15, -0.1) is 11.3 Å². The van der Waals surface area contributed by atoms with Crippen LogP contribution in [0.3, 0.4) is 0 Å². The molecule has 0 N–H and O–H groups in total.